The van der Waals surface area contributed by atoms with Gasteiger partial charge in [-0.1, -0.05) is 67.1 Å². The van der Waals surface area contributed by atoms with E-state index in [9.17, 15) is 4.57 Å². The maximum Gasteiger partial charge on any atom is 0.127 e. The fourth-order valence-corrected chi connectivity index (χ4v) is 8.69. The lowest BCUT2D eigenvalue weighted by Gasteiger charge is -2.23. The first-order chi connectivity index (χ1) is 11.7. The molecule has 0 bridgehead atoms. The van der Waals surface area contributed by atoms with Crippen molar-refractivity contribution in [2.24, 2.45) is 5.92 Å². The molecule has 3 atom stereocenters. The maximum absolute atomic E-state index is 14.4. The number of hydrogen-bond donors (Lipinski definition) is 0. The van der Waals surface area contributed by atoms with Gasteiger partial charge in [0.15, 0.2) is 0 Å². The zero-order chi connectivity index (χ0) is 16.6. The molecule has 0 N–H and O–H groups in total. The van der Waals surface area contributed by atoms with Crippen LogP contribution >= 0.6 is 7.14 Å². The Morgan fingerprint density at radius 2 is 1.67 bits per heavy atom. The molecule has 0 spiro atoms. The van der Waals surface area contributed by atoms with Crippen molar-refractivity contribution in [1.82, 2.24) is 0 Å². The first-order valence-corrected chi connectivity index (χ1v) is 10.7. The highest BCUT2D eigenvalue weighted by Gasteiger charge is 2.53. The van der Waals surface area contributed by atoms with Gasteiger partial charge in [0.2, 0.25) is 0 Å². The maximum atomic E-state index is 14.4. The zero-order valence-electron chi connectivity index (χ0n) is 14.0. The average molecular weight is 338 g/mol. The molecule has 0 aromatic heterocycles. The zero-order valence-corrected chi connectivity index (χ0v) is 14.9. The van der Waals surface area contributed by atoms with E-state index in [1.54, 1.807) is 7.11 Å². The van der Waals surface area contributed by atoms with Gasteiger partial charge in [0.25, 0.3) is 0 Å². The number of rotatable bonds is 4. The molecule has 1 aliphatic heterocycles. The third-order valence-corrected chi connectivity index (χ3v) is 9.25. The number of fused-ring (bicyclic) bond motifs is 1. The minimum absolute atomic E-state index is 0.253. The van der Waals surface area contributed by atoms with Crippen LogP contribution in [0.4, 0.5) is 0 Å². The SMILES string of the molecule is COC1=C(c2ccccc2)P(=O)(Cc2ccccc2)C2CCCC12. The summed E-state index contributed by atoms with van der Waals surface area (Å²) in [5.74, 6) is 1.32. The Morgan fingerprint density at radius 3 is 2.33 bits per heavy atom. The number of methoxy groups -OCH3 is 1. The van der Waals surface area contributed by atoms with Gasteiger partial charge >= 0.3 is 0 Å². The molecule has 4 rings (SSSR count). The van der Waals surface area contributed by atoms with Crippen molar-refractivity contribution in [2.45, 2.75) is 31.1 Å². The standard InChI is InChI=1S/C21H23O2P/c1-23-20-18-13-8-14-19(18)24(22,15-16-9-4-2-5-10-16)21(20)17-11-6-3-7-12-17/h2-7,9-12,18-19H,8,13-15H2,1H3. The van der Waals surface area contributed by atoms with Crippen LogP contribution in [0.3, 0.4) is 0 Å². The lowest BCUT2D eigenvalue weighted by atomic mass is 10.0. The van der Waals surface area contributed by atoms with Crippen LogP contribution in [0.25, 0.3) is 5.31 Å². The molecule has 2 nitrogen and oxygen atoms in total. The Balaban J connectivity index is 1.86. The van der Waals surface area contributed by atoms with Gasteiger partial charge in [0, 0.05) is 17.7 Å². The van der Waals surface area contributed by atoms with E-state index >= 15 is 0 Å². The molecule has 2 aromatic carbocycles. The van der Waals surface area contributed by atoms with E-state index < -0.39 is 7.14 Å². The van der Waals surface area contributed by atoms with E-state index in [2.05, 4.69) is 24.3 Å². The fourth-order valence-electron chi connectivity index (χ4n) is 4.53. The van der Waals surface area contributed by atoms with Gasteiger partial charge in [0.1, 0.15) is 12.9 Å². The quantitative estimate of drug-likeness (QED) is 0.664. The molecule has 3 heteroatoms. The first-order valence-electron chi connectivity index (χ1n) is 8.71. The predicted molar refractivity (Wildman–Crippen MR) is 99.3 cm³/mol. The van der Waals surface area contributed by atoms with Crippen molar-refractivity contribution < 1.29 is 9.30 Å². The van der Waals surface area contributed by atoms with Crippen molar-refractivity contribution >= 4 is 12.5 Å². The van der Waals surface area contributed by atoms with Crippen LogP contribution in [0.15, 0.2) is 66.4 Å². The second-order valence-corrected chi connectivity index (χ2v) is 9.84. The van der Waals surface area contributed by atoms with Crippen LogP contribution in [-0.4, -0.2) is 12.8 Å². The van der Waals surface area contributed by atoms with E-state index in [1.807, 2.05) is 36.4 Å². The molecule has 1 heterocycles. The van der Waals surface area contributed by atoms with Gasteiger partial charge in [-0.2, -0.15) is 0 Å². The van der Waals surface area contributed by atoms with Gasteiger partial charge in [-0.25, -0.2) is 0 Å². The number of hydrogen-bond acceptors (Lipinski definition) is 2. The summed E-state index contributed by atoms with van der Waals surface area (Å²) in [4.78, 5) is 0. The summed E-state index contributed by atoms with van der Waals surface area (Å²) in [5.41, 5.74) is 2.49. The second kappa shape index (κ2) is 6.26. The average Bonchev–Trinajstić information content (AvgIpc) is 3.18. The number of benzene rings is 2. The number of allylic oxidation sites excluding steroid dienone is 1. The monoisotopic (exact) mass is 338 g/mol. The topological polar surface area (TPSA) is 26.3 Å². The summed E-state index contributed by atoms with van der Waals surface area (Å²) < 4.78 is 20.2. The summed E-state index contributed by atoms with van der Waals surface area (Å²) in [7, 11) is -0.804. The Labute approximate surface area is 143 Å². The number of ether oxygens (including phenoxy) is 1. The second-order valence-electron chi connectivity index (χ2n) is 6.83. The molecule has 24 heavy (non-hydrogen) atoms. The molecule has 1 fully saturated rings. The van der Waals surface area contributed by atoms with Crippen LogP contribution in [0.2, 0.25) is 0 Å². The lowest BCUT2D eigenvalue weighted by molar-refractivity contribution is 0.250. The van der Waals surface area contributed by atoms with Crippen LogP contribution in [0, 0.1) is 5.92 Å². The van der Waals surface area contributed by atoms with Crippen molar-refractivity contribution in [1.29, 1.82) is 0 Å². The van der Waals surface area contributed by atoms with Gasteiger partial charge in [-0.3, -0.25) is 0 Å². The summed E-state index contributed by atoms with van der Waals surface area (Å²) in [6.45, 7) is 0. The van der Waals surface area contributed by atoms with E-state index in [1.165, 1.54) is 0 Å². The van der Waals surface area contributed by atoms with Crippen molar-refractivity contribution in [3.63, 3.8) is 0 Å². The highest BCUT2D eigenvalue weighted by atomic mass is 31.2. The molecular formula is C21H23O2P. The summed E-state index contributed by atoms with van der Waals surface area (Å²) in [6, 6.07) is 20.5. The van der Waals surface area contributed by atoms with Crippen LogP contribution < -0.4 is 0 Å². The molecule has 0 amide bonds. The summed E-state index contributed by atoms with van der Waals surface area (Å²) >= 11 is 0. The molecule has 124 valence electrons. The third-order valence-electron chi connectivity index (χ3n) is 5.49. The van der Waals surface area contributed by atoms with Crippen molar-refractivity contribution in [3.05, 3.63) is 77.5 Å². The Morgan fingerprint density at radius 1 is 1.00 bits per heavy atom. The Bertz CT molecular complexity index is 795. The largest absolute Gasteiger partial charge is 0.500 e. The van der Waals surface area contributed by atoms with Crippen molar-refractivity contribution in [3.8, 4) is 0 Å². The van der Waals surface area contributed by atoms with E-state index in [4.69, 9.17) is 4.74 Å². The van der Waals surface area contributed by atoms with E-state index in [-0.39, 0.29) is 5.66 Å². The molecular weight excluding hydrogens is 315 g/mol. The first kappa shape index (κ1) is 15.7. The van der Waals surface area contributed by atoms with Gasteiger partial charge in [-0.05, 0) is 24.0 Å². The minimum atomic E-state index is -2.55. The highest BCUT2D eigenvalue weighted by molar-refractivity contribution is 7.74. The molecule has 0 saturated heterocycles. The molecule has 1 aliphatic carbocycles. The third kappa shape index (κ3) is 2.45. The molecule has 0 radical (unpaired) electrons. The Kier molecular flexibility index (Phi) is 4.10. The molecule has 2 aromatic rings. The molecule has 1 saturated carbocycles. The molecule has 3 unspecified atom stereocenters. The highest BCUT2D eigenvalue weighted by Crippen LogP contribution is 2.75. The summed E-state index contributed by atoms with van der Waals surface area (Å²) in [6.07, 6.45) is 3.95. The van der Waals surface area contributed by atoms with Gasteiger partial charge in [-0.15, -0.1) is 0 Å². The Hall–Kier alpha value is -1.79. The van der Waals surface area contributed by atoms with Crippen LogP contribution in [0.1, 0.15) is 30.4 Å². The normalized spacial score (nSPS) is 28.9. The predicted octanol–water partition coefficient (Wildman–Crippen LogP) is 5.75. The van der Waals surface area contributed by atoms with Gasteiger partial charge < -0.3 is 9.30 Å². The summed E-state index contributed by atoms with van der Waals surface area (Å²) in [5, 5.41) is 1.00. The van der Waals surface area contributed by atoms with E-state index in [0.29, 0.717) is 12.1 Å². The van der Waals surface area contributed by atoms with Crippen LogP contribution in [0.5, 0.6) is 0 Å². The molecule has 2 aliphatic rings. The van der Waals surface area contributed by atoms with Crippen LogP contribution in [-0.2, 0) is 15.5 Å². The lowest BCUT2D eigenvalue weighted by Crippen LogP contribution is -2.11. The fraction of sp³-hybridized carbons (Fsp3) is 0.333. The van der Waals surface area contributed by atoms with Gasteiger partial charge in [0.05, 0.1) is 12.4 Å². The van der Waals surface area contributed by atoms with Crippen molar-refractivity contribution in [2.75, 3.05) is 7.11 Å². The van der Waals surface area contributed by atoms with E-state index in [0.717, 1.165) is 41.5 Å². The smallest absolute Gasteiger partial charge is 0.127 e. The minimum Gasteiger partial charge on any atom is -0.500 e.